The lowest BCUT2D eigenvalue weighted by Crippen LogP contribution is -2.34. The topological polar surface area (TPSA) is 41.6 Å². The van der Waals surface area contributed by atoms with Gasteiger partial charge in [-0.15, -0.1) is 0 Å². The molecule has 26 heavy (non-hydrogen) atoms. The van der Waals surface area contributed by atoms with Crippen molar-refractivity contribution >= 4 is 11.6 Å². The lowest BCUT2D eigenvalue weighted by atomic mass is 10.2. The third-order valence-electron chi connectivity index (χ3n) is 4.23. The molecule has 0 spiro atoms. The van der Waals surface area contributed by atoms with Gasteiger partial charge in [0.2, 0.25) is 0 Å². The second kappa shape index (κ2) is 7.68. The molecular formula is C19H19F3N2O2. The minimum Gasteiger partial charge on any atom is -0.484 e. The average Bonchev–Trinajstić information content (AvgIpc) is 3.09. The third kappa shape index (κ3) is 4.68. The van der Waals surface area contributed by atoms with E-state index in [4.69, 9.17) is 4.74 Å². The number of halogens is 3. The maximum atomic E-state index is 12.6. The molecular weight excluding hydrogens is 345 g/mol. The summed E-state index contributed by atoms with van der Waals surface area (Å²) in [6.07, 6.45) is -3.61. The largest absolute Gasteiger partial charge is 0.484 e. The Labute approximate surface area is 149 Å². The molecule has 1 N–H and O–H groups in total. The summed E-state index contributed by atoms with van der Waals surface area (Å²) in [4.78, 5) is 13.9. The number of anilines is 1. The Balaban J connectivity index is 1.48. The van der Waals surface area contributed by atoms with E-state index in [1.54, 1.807) is 17.0 Å². The van der Waals surface area contributed by atoms with Gasteiger partial charge in [0.05, 0.1) is 5.56 Å². The van der Waals surface area contributed by atoms with Crippen LogP contribution in [-0.4, -0.2) is 36.5 Å². The van der Waals surface area contributed by atoms with Crippen LogP contribution in [0.25, 0.3) is 0 Å². The number of rotatable bonds is 5. The normalized spacial score (nSPS) is 17.2. The van der Waals surface area contributed by atoms with Gasteiger partial charge in [0.1, 0.15) is 5.75 Å². The summed E-state index contributed by atoms with van der Waals surface area (Å²) in [5.74, 6) is 0.532. The van der Waals surface area contributed by atoms with Crippen molar-refractivity contribution in [2.24, 2.45) is 0 Å². The van der Waals surface area contributed by atoms with Gasteiger partial charge in [-0.2, -0.15) is 13.2 Å². The number of likely N-dealkylation sites (tertiary alicyclic amines) is 1. The molecule has 138 valence electrons. The minimum absolute atomic E-state index is 0.00686. The second-order valence-electron chi connectivity index (χ2n) is 6.15. The van der Waals surface area contributed by atoms with E-state index in [-0.39, 0.29) is 18.6 Å². The van der Waals surface area contributed by atoms with E-state index in [0.29, 0.717) is 24.5 Å². The summed E-state index contributed by atoms with van der Waals surface area (Å²) in [5.41, 5.74) is -0.0674. The first-order valence-electron chi connectivity index (χ1n) is 8.31. The number of carbonyl (C=O) groups excluding carboxylic acids is 1. The number of alkyl halides is 3. The molecule has 2 aromatic rings. The Bertz CT molecular complexity index is 733. The zero-order valence-corrected chi connectivity index (χ0v) is 14.0. The van der Waals surface area contributed by atoms with Crippen molar-refractivity contribution in [1.29, 1.82) is 0 Å². The summed E-state index contributed by atoms with van der Waals surface area (Å²) in [5, 5.41) is 3.18. The maximum Gasteiger partial charge on any atom is 0.416 e. The monoisotopic (exact) mass is 364 g/mol. The Morgan fingerprint density at radius 3 is 2.46 bits per heavy atom. The van der Waals surface area contributed by atoms with Crippen molar-refractivity contribution in [3.8, 4) is 5.75 Å². The summed E-state index contributed by atoms with van der Waals surface area (Å²) < 4.78 is 43.2. The van der Waals surface area contributed by atoms with Gasteiger partial charge in [-0.05, 0) is 42.8 Å². The van der Waals surface area contributed by atoms with Crippen molar-refractivity contribution in [2.75, 3.05) is 25.0 Å². The van der Waals surface area contributed by atoms with Gasteiger partial charge in [0.15, 0.2) is 6.61 Å². The zero-order chi connectivity index (χ0) is 18.6. The van der Waals surface area contributed by atoms with Crippen LogP contribution in [0.15, 0.2) is 54.6 Å². The van der Waals surface area contributed by atoms with Crippen LogP contribution >= 0.6 is 0 Å². The molecule has 7 heteroatoms. The number of benzene rings is 2. The molecule has 1 atom stereocenters. The van der Waals surface area contributed by atoms with Crippen LogP contribution in [-0.2, 0) is 11.0 Å². The van der Waals surface area contributed by atoms with Crippen molar-refractivity contribution < 1.29 is 22.7 Å². The van der Waals surface area contributed by atoms with E-state index in [1.165, 1.54) is 12.1 Å². The Morgan fingerprint density at radius 1 is 1.12 bits per heavy atom. The van der Waals surface area contributed by atoms with Gasteiger partial charge >= 0.3 is 6.18 Å². The van der Waals surface area contributed by atoms with Gasteiger partial charge < -0.3 is 15.0 Å². The highest BCUT2D eigenvalue weighted by Crippen LogP contribution is 2.30. The van der Waals surface area contributed by atoms with Crippen LogP contribution in [0.1, 0.15) is 12.0 Å². The van der Waals surface area contributed by atoms with Gasteiger partial charge in [-0.3, -0.25) is 4.79 Å². The Kier molecular flexibility index (Phi) is 5.35. The summed E-state index contributed by atoms with van der Waals surface area (Å²) in [7, 11) is 0. The molecule has 0 aliphatic carbocycles. The molecule has 1 aliphatic heterocycles. The molecule has 0 bridgehead atoms. The number of amides is 1. The van der Waals surface area contributed by atoms with E-state index in [2.05, 4.69) is 5.32 Å². The molecule has 0 aromatic heterocycles. The Morgan fingerprint density at radius 2 is 1.81 bits per heavy atom. The fraction of sp³-hybridized carbons (Fsp3) is 0.316. The highest BCUT2D eigenvalue weighted by molar-refractivity contribution is 5.78. The SMILES string of the molecule is O=C(COc1ccccc1)N1CCC(Nc2ccc(C(F)(F)F)cc2)C1. The van der Waals surface area contributed by atoms with Gasteiger partial charge in [0.25, 0.3) is 5.91 Å². The summed E-state index contributed by atoms with van der Waals surface area (Å²) in [6.45, 7) is 1.06. The molecule has 4 nitrogen and oxygen atoms in total. The number of nitrogens with one attached hydrogen (secondary N) is 1. The number of carbonyl (C=O) groups is 1. The molecule has 1 saturated heterocycles. The third-order valence-corrected chi connectivity index (χ3v) is 4.23. The first-order chi connectivity index (χ1) is 12.4. The van der Waals surface area contributed by atoms with Gasteiger partial charge in [-0.25, -0.2) is 0 Å². The van der Waals surface area contributed by atoms with Crippen molar-refractivity contribution in [2.45, 2.75) is 18.6 Å². The molecule has 0 radical (unpaired) electrons. The van der Waals surface area contributed by atoms with Crippen molar-refractivity contribution in [3.63, 3.8) is 0 Å². The van der Waals surface area contributed by atoms with Gasteiger partial charge in [-0.1, -0.05) is 18.2 Å². The van der Waals surface area contributed by atoms with Crippen LogP contribution in [0.5, 0.6) is 5.75 Å². The van der Waals surface area contributed by atoms with E-state index in [1.807, 2.05) is 18.2 Å². The molecule has 1 unspecified atom stereocenters. The maximum absolute atomic E-state index is 12.6. The molecule has 1 fully saturated rings. The highest BCUT2D eigenvalue weighted by atomic mass is 19.4. The van der Waals surface area contributed by atoms with Crippen LogP contribution in [0.2, 0.25) is 0 Å². The average molecular weight is 364 g/mol. The fourth-order valence-corrected chi connectivity index (χ4v) is 2.85. The van der Waals surface area contributed by atoms with Crippen LogP contribution in [0.4, 0.5) is 18.9 Å². The van der Waals surface area contributed by atoms with Crippen LogP contribution in [0, 0.1) is 0 Å². The Hall–Kier alpha value is -2.70. The van der Waals surface area contributed by atoms with E-state index >= 15 is 0 Å². The molecule has 0 saturated carbocycles. The second-order valence-corrected chi connectivity index (χ2v) is 6.15. The van der Waals surface area contributed by atoms with E-state index < -0.39 is 11.7 Å². The predicted molar refractivity (Wildman–Crippen MR) is 92.0 cm³/mol. The zero-order valence-electron chi connectivity index (χ0n) is 14.0. The lowest BCUT2D eigenvalue weighted by molar-refractivity contribution is -0.137. The molecule has 1 heterocycles. The quantitative estimate of drug-likeness (QED) is 0.878. The molecule has 1 aliphatic rings. The predicted octanol–water partition coefficient (Wildman–Crippen LogP) is 3.80. The number of para-hydroxylation sites is 1. The standard InChI is InChI=1S/C19H19F3N2O2/c20-19(21,22)14-6-8-15(9-7-14)23-16-10-11-24(12-16)18(25)13-26-17-4-2-1-3-5-17/h1-9,16,23H,10-13H2. The number of nitrogens with zero attached hydrogens (tertiary/aromatic N) is 1. The number of hydrogen-bond acceptors (Lipinski definition) is 3. The summed E-state index contributed by atoms with van der Waals surface area (Å²) in [6, 6.07) is 14.0. The van der Waals surface area contributed by atoms with Crippen LogP contribution < -0.4 is 10.1 Å². The van der Waals surface area contributed by atoms with E-state index in [9.17, 15) is 18.0 Å². The molecule has 3 rings (SSSR count). The fourth-order valence-electron chi connectivity index (χ4n) is 2.85. The first kappa shape index (κ1) is 18.1. The van der Waals surface area contributed by atoms with E-state index in [0.717, 1.165) is 18.6 Å². The lowest BCUT2D eigenvalue weighted by Gasteiger charge is -2.18. The number of ether oxygens (including phenoxy) is 1. The van der Waals surface area contributed by atoms with Gasteiger partial charge in [0, 0.05) is 24.8 Å². The van der Waals surface area contributed by atoms with Crippen molar-refractivity contribution in [3.05, 3.63) is 60.2 Å². The molecule has 1 amide bonds. The first-order valence-corrected chi connectivity index (χ1v) is 8.31. The molecule has 2 aromatic carbocycles. The van der Waals surface area contributed by atoms with Crippen molar-refractivity contribution in [1.82, 2.24) is 4.90 Å². The smallest absolute Gasteiger partial charge is 0.416 e. The van der Waals surface area contributed by atoms with Crippen LogP contribution in [0.3, 0.4) is 0 Å². The highest BCUT2D eigenvalue weighted by Gasteiger charge is 2.30. The summed E-state index contributed by atoms with van der Waals surface area (Å²) >= 11 is 0. The number of hydrogen-bond donors (Lipinski definition) is 1. The minimum atomic E-state index is -4.34.